The van der Waals surface area contributed by atoms with Gasteiger partial charge in [0.1, 0.15) is 6.54 Å². The lowest BCUT2D eigenvalue weighted by molar-refractivity contribution is -0.122. The zero-order valence-corrected chi connectivity index (χ0v) is 16.1. The summed E-state index contributed by atoms with van der Waals surface area (Å²) in [6, 6.07) is 6.98. The van der Waals surface area contributed by atoms with Gasteiger partial charge in [-0.05, 0) is 44.4 Å². The van der Waals surface area contributed by atoms with Crippen LogP contribution in [-0.2, 0) is 4.79 Å². The third-order valence-electron chi connectivity index (χ3n) is 3.42. The Morgan fingerprint density at radius 3 is 2.17 bits per heavy atom. The molecule has 0 aromatic heterocycles. The number of hydrogen-bond acceptors (Lipinski definition) is 2. The Morgan fingerprint density at radius 1 is 1.17 bits per heavy atom. The molecule has 3 amide bonds. The average molecular weight is 354 g/mol. The number of nitrogens with one attached hydrogen (secondary N) is 2. The van der Waals surface area contributed by atoms with Crippen molar-refractivity contribution in [1.82, 2.24) is 15.5 Å². The van der Waals surface area contributed by atoms with Crippen LogP contribution in [0.25, 0.3) is 0 Å². The molecule has 0 unspecified atom stereocenters. The topological polar surface area (TPSA) is 61.4 Å². The van der Waals surface area contributed by atoms with Gasteiger partial charge in [0.15, 0.2) is 0 Å². The summed E-state index contributed by atoms with van der Waals surface area (Å²) in [5, 5.41) is 6.48. The maximum atomic E-state index is 12.4. The highest BCUT2D eigenvalue weighted by atomic mass is 35.5. The lowest BCUT2D eigenvalue weighted by Gasteiger charge is -2.27. The van der Waals surface area contributed by atoms with E-state index in [2.05, 4.69) is 10.6 Å². The molecule has 1 rings (SSSR count). The van der Waals surface area contributed by atoms with Gasteiger partial charge in [-0.1, -0.05) is 37.6 Å². The summed E-state index contributed by atoms with van der Waals surface area (Å²) in [7, 11) is 1.61. The number of benzene rings is 1. The molecule has 5 nitrogen and oxygen atoms in total. The number of nitrogens with zero attached hydrogens (tertiary/aromatic N) is 1. The highest BCUT2D eigenvalue weighted by molar-refractivity contribution is 6.30. The molecule has 1 aromatic rings. The lowest BCUT2D eigenvalue weighted by atomic mass is 9.96. The van der Waals surface area contributed by atoms with Gasteiger partial charge in [0.2, 0.25) is 5.91 Å². The molecule has 1 aromatic carbocycles. The quantitative estimate of drug-likeness (QED) is 0.849. The minimum absolute atomic E-state index is 0.00847. The molecule has 134 valence electrons. The lowest BCUT2D eigenvalue weighted by Crippen LogP contribution is -2.49. The number of carbonyl (C=O) groups excluding carboxylic acids is 2. The molecule has 0 fully saturated rings. The summed E-state index contributed by atoms with van der Waals surface area (Å²) < 4.78 is 0. The fourth-order valence-corrected chi connectivity index (χ4v) is 2.42. The molecule has 0 radical (unpaired) electrons. The van der Waals surface area contributed by atoms with E-state index in [9.17, 15) is 9.59 Å². The summed E-state index contributed by atoms with van der Waals surface area (Å²) in [5.41, 5.74) is 0.660. The summed E-state index contributed by atoms with van der Waals surface area (Å²) >= 11 is 5.92. The van der Waals surface area contributed by atoms with Gasteiger partial charge in [0.25, 0.3) is 0 Å². The van der Waals surface area contributed by atoms with Crippen LogP contribution in [0.2, 0.25) is 5.02 Å². The smallest absolute Gasteiger partial charge is 0.318 e. The van der Waals surface area contributed by atoms with Crippen LogP contribution in [0.1, 0.15) is 46.2 Å². The van der Waals surface area contributed by atoms with Gasteiger partial charge in [0.05, 0.1) is 6.04 Å². The van der Waals surface area contributed by atoms with E-state index in [0.29, 0.717) is 5.02 Å². The van der Waals surface area contributed by atoms with Crippen molar-refractivity contribution >= 4 is 23.5 Å². The molecule has 0 saturated carbocycles. The minimum atomic E-state index is -0.321. The van der Waals surface area contributed by atoms with E-state index < -0.39 is 0 Å². The summed E-state index contributed by atoms with van der Waals surface area (Å²) in [4.78, 5) is 25.7. The first-order chi connectivity index (χ1) is 11.0. The van der Waals surface area contributed by atoms with Crippen molar-refractivity contribution in [2.75, 3.05) is 13.6 Å². The zero-order valence-electron chi connectivity index (χ0n) is 15.3. The van der Waals surface area contributed by atoms with Gasteiger partial charge < -0.3 is 15.5 Å². The van der Waals surface area contributed by atoms with E-state index in [4.69, 9.17) is 11.6 Å². The molecule has 6 heteroatoms. The second-order valence-electron chi connectivity index (χ2n) is 7.38. The van der Waals surface area contributed by atoms with E-state index in [1.165, 1.54) is 4.90 Å². The monoisotopic (exact) mass is 353 g/mol. The Labute approximate surface area is 149 Å². The minimum Gasteiger partial charge on any atom is -0.350 e. The van der Waals surface area contributed by atoms with E-state index in [0.717, 1.165) is 5.56 Å². The largest absolute Gasteiger partial charge is 0.350 e. The Kier molecular flexibility index (Phi) is 7.08. The summed E-state index contributed by atoms with van der Waals surface area (Å²) in [6.45, 7) is 9.78. The van der Waals surface area contributed by atoms with Crippen LogP contribution in [0.15, 0.2) is 24.3 Å². The van der Waals surface area contributed by atoms with Crippen molar-refractivity contribution in [2.24, 2.45) is 5.92 Å². The molecule has 0 heterocycles. The Bertz CT molecular complexity index is 565. The van der Waals surface area contributed by atoms with Crippen LogP contribution < -0.4 is 10.6 Å². The van der Waals surface area contributed by atoms with Crippen molar-refractivity contribution in [3.63, 3.8) is 0 Å². The number of urea groups is 1. The van der Waals surface area contributed by atoms with Crippen LogP contribution in [0.4, 0.5) is 4.79 Å². The highest BCUT2D eigenvalue weighted by Gasteiger charge is 2.22. The summed E-state index contributed by atoms with van der Waals surface area (Å²) in [6.07, 6.45) is 0. The van der Waals surface area contributed by atoms with E-state index >= 15 is 0 Å². The van der Waals surface area contributed by atoms with Crippen LogP contribution in [-0.4, -0.2) is 36.0 Å². The van der Waals surface area contributed by atoms with Crippen LogP contribution in [0.3, 0.4) is 0 Å². The van der Waals surface area contributed by atoms with Crippen molar-refractivity contribution < 1.29 is 9.59 Å². The first kappa shape index (κ1) is 20.3. The third-order valence-corrected chi connectivity index (χ3v) is 3.67. The van der Waals surface area contributed by atoms with Gasteiger partial charge in [-0.3, -0.25) is 4.79 Å². The Balaban J connectivity index is 2.71. The number of carbonyl (C=O) groups is 2. The molecule has 1 atom stereocenters. The van der Waals surface area contributed by atoms with Gasteiger partial charge >= 0.3 is 6.03 Å². The SMILES string of the molecule is CC(C)[C@@H](NC(=O)N(C)CC(=O)NC(C)(C)C)c1ccc(Cl)cc1. The predicted octanol–water partition coefficient (Wildman–Crippen LogP) is 3.59. The number of rotatable bonds is 5. The van der Waals surface area contributed by atoms with Gasteiger partial charge in [-0.25, -0.2) is 4.79 Å². The molecule has 0 aliphatic heterocycles. The maximum absolute atomic E-state index is 12.4. The maximum Gasteiger partial charge on any atom is 0.318 e. The summed E-state index contributed by atoms with van der Waals surface area (Å²) in [5.74, 6) is 0.0136. The van der Waals surface area contributed by atoms with Crippen molar-refractivity contribution in [3.05, 3.63) is 34.9 Å². The Morgan fingerprint density at radius 2 is 1.71 bits per heavy atom. The number of halogens is 1. The highest BCUT2D eigenvalue weighted by Crippen LogP contribution is 2.23. The zero-order chi connectivity index (χ0) is 18.5. The van der Waals surface area contributed by atoms with Crippen LogP contribution >= 0.6 is 11.6 Å². The van der Waals surface area contributed by atoms with E-state index in [1.807, 2.05) is 46.8 Å². The van der Waals surface area contributed by atoms with Crippen molar-refractivity contribution in [2.45, 2.75) is 46.2 Å². The standard InChI is InChI=1S/C18H28ClN3O2/c1-12(2)16(13-7-9-14(19)10-8-13)20-17(24)22(6)11-15(23)21-18(3,4)5/h7-10,12,16H,11H2,1-6H3,(H,20,24)(H,21,23)/t16-/m1/s1. The van der Waals surface area contributed by atoms with Crippen LogP contribution in [0.5, 0.6) is 0 Å². The molecule has 0 aliphatic carbocycles. The fourth-order valence-electron chi connectivity index (χ4n) is 2.29. The molecular formula is C18H28ClN3O2. The van der Waals surface area contributed by atoms with Crippen molar-refractivity contribution in [1.29, 1.82) is 0 Å². The first-order valence-electron chi connectivity index (χ1n) is 8.07. The second-order valence-corrected chi connectivity index (χ2v) is 7.81. The number of amides is 3. The van der Waals surface area contributed by atoms with Gasteiger partial charge in [-0.15, -0.1) is 0 Å². The third kappa shape index (κ3) is 6.79. The fraction of sp³-hybridized carbons (Fsp3) is 0.556. The predicted molar refractivity (Wildman–Crippen MR) is 98.1 cm³/mol. The molecular weight excluding hydrogens is 326 g/mol. The number of hydrogen-bond donors (Lipinski definition) is 2. The van der Waals surface area contributed by atoms with Gasteiger partial charge in [-0.2, -0.15) is 0 Å². The molecule has 2 N–H and O–H groups in total. The van der Waals surface area contributed by atoms with E-state index in [1.54, 1.807) is 19.2 Å². The average Bonchev–Trinajstić information content (AvgIpc) is 2.43. The van der Waals surface area contributed by atoms with Crippen LogP contribution in [0, 0.1) is 5.92 Å². The molecule has 0 bridgehead atoms. The van der Waals surface area contributed by atoms with E-state index in [-0.39, 0.29) is 36.0 Å². The first-order valence-corrected chi connectivity index (χ1v) is 8.45. The molecule has 0 aliphatic rings. The molecule has 24 heavy (non-hydrogen) atoms. The normalized spacial score (nSPS) is 12.7. The Hall–Kier alpha value is -1.75. The number of likely N-dealkylation sites (N-methyl/N-ethyl adjacent to an activating group) is 1. The van der Waals surface area contributed by atoms with Gasteiger partial charge in [0, 0.05) is 17.6 Å². The van der Waals surface area contributed by atoms with Crippen molar-refractivity contribution in [3.8, 4) is 0 Å². The second kappa shape index (κ2) is 8.38. The molecule has 0 saturated heterocycles. The molecule has 0 spiro atoms.